The lowest BCUT2D eigenvalue weighted by atomic mass is 9.98. The van der Waals surface area contributed by atoms with Gasteiger partial charge in [0.05, 0.1) is 10.7 Å². The predicted octanol–water partition coefficient (Wildman–Crippen LogP) is 3.25. The first-order chi connectivity index (χ1) is 8.69. The Morgan fingerprint density at radius 1 is 1.33 bits per heavy atom. The maximum absolute atomic E-state index is 6.13. The molecule has 1 aromatic heterocycles. The first kappa shape index (κ1) is 14.1. The van der Waals surface area contributed by atoms with Gasteiger partial charge in [-0.2, -0.15) is 0 Å². The van der Waals surface area contributed by atoms with E-state index in [9.17, 15) is 0 Å². The van der Waals surface area contributed by atoms with Gasteiger partial charge in [0, 0.05) is 20.3 Å². The molecule has 0 N–H and O–H groups in total. The van der Waals surface area contributed by atoms with Crippen molar-refractivity contribution in [1.29, 1.82) is 0 Å². The molecule has 1 fully saturated rings. The molecular formula is C13H18Cl2N2O. The minimum atomic E-state index is 0.503. The van der Waals surface area contributed by atoms with Gasteiger partial charge in [0.15, 0.2) is 0 Å². The Bertz CT molecular complexity index is 393. The van der Waals surface area contributed by atoms with E-state index in [1.807, 2.05) is 6.07 Å². The summed E-state index contributed by atoms with van der Waals surface area (Å²) in [5.74, 6) is 0.689. The van der Waals surface area contributed by atoms with Gasteiger partial charge in [-0.1, -0.05) is 23.2 Å². The number of nitrogens with zero attached hydrogens (tertiary/aromatic N) is 2. The van der Waals surface area contributed by atoms with Crippen LogP contribution in [0.1, 0.15) is 18.5 Å². The monoisotopic (exact) mass is 288 g/mol. The van der Waals surface area contributed by atoms with Crippen LogP contribution in [0.5, 0.6) is 0 Å². The standard InChI is InChI=1S/C13H18Cl2N2O/c1-18-9-10-4-6-17(7-5-10)8-12-11(14)2-3-13(15)16-12/h2-3,10H,4-9H2,1H3. The Morgan fingerprint density at radius 2 is 2.06 bits per heavy atom. The molecule has 100 valence electrons. The zero-order valence-electron chi connectivity index (χ0n) is 10.5. The lowest BCUT2D eigenvalue weighted by Gasteiger charge is -2.31. The molecule has 0 spiro atoms. The Labute approximate surface area is 118 Å². The van der Waals surface area contributed by atoms with Crippen molar-refractivity contribution in [2.45, 2.75) is 19.4 Å². The van der Waals surface area contributed by atoms with Gasteiger partial charge >= 0.3 is 0 Å². The number of hydrogen-bond donors (Lipinski definition) is 0. The topological polar surface area (TPSA) is 25.4 Å². The van der Waals surface area contributed by atoms with E-state index in [0.717, 1.165) is 31.9 Å². The van der Waals surface area contributed by atoms with E-state index in [0.29, 0.717) is 16.1 Å². The van der Waals surface area contributed by atoms with Crippen LogP contribution in [0.25, 0.3) is 0 Å². The molecule has 0 aromatic carbocycles. The number of pyridine rings is 1. The second-order valence-corrected chi connectivity index (χ2v) is 5.53. The SMILES string of the molecule is COCC1CCN(Cc2nc(Cl)ccc2Cl)CC1. The molecular weight excluding hydrogens is 271 g/mol. The fraction of sp³-hybridized carbons (Fsp3) is 0.615. The van der Waals surface area contributed by atoms with Crippen molar-refractivity contribution in [3.05, 3.63) is 28.0 Å². The number of rotatable bonds is 4. The van der Waals surface area contributed by atoms with Gasteiger partial charge in [-0.05, 0) is 44.0 Å². The zero-order valence-corrected chi connectivity index (χ0v) is 12.0. The Balaban J connectivity index is 1.89. The summed E-state index contributed by atoms with van der Waals surface area (Å²) in [5.41, 5.74) is 0.870. The molecule has 0 aliphatic carbocycles. The second kappa shape index (κ2) is 6.71. The fourth-order valence-corrected chi connectivity index (χ4v) is 2.66. The normalized spacial score (nSPS) is 18.2. The van der Waals surface area contributed by atoms with E-state index in [1.165, 1.54) is 12.8 Å². The highest BCUT2D eigenvalue weighted by molar-refractivity contribution is 6.32. The van der Waals surface area contributed by atoms with Crippen LogP contribution in [0.3, 0.4) is 0 Å². The first-order valence-electron chi connectivity index (χ1n) is 6.21. The van der Waals surface area contributed by atoms with E-state index in [-0.39, 0.29) is 0 Å². The van der Waals surface area contributed by atoms with Crippen molar-refractivity contribution in [2.24, 2.45) is 5.92 Å². The van der Waals surface area contributed by atoms with Crippen LogP contribution in [0.15, 0.2) is 12.1 Å². The molecule has 2 rings (SSSR count). The molecule has 3 nitrogen and oxygen atoms in total. The lowest BCUT2D eigenvalue weighted by molar-refractivity contribution is 0.0963. The highest BCUT2D eigenvalue weighted by atomic mass is 35.5. The molecule has 1 aliphatic heterocycles. The number of hydrogen-bond acceptors (Lipinski definition) is 3. The molecule has 0 atom stereocenters. The Kier molecular flexibility index (Phi) is 5.25. The molecule has 1 saturated heterocycles. The zero-order chi connectivity index (χ0) is 13.0. The molecule has 2 heterocycles. The van der Waals surface area contributed by atoms with Crippen molar-refractivity contribution in [2.75, 3.05) is 26.8 Å². The van der Waals surface area contributed by atoms with Gasteiger partial charge in [0.2, 0.25) is 0 Å². The molecule has 1 aromatic rings. The van der Waals surface area contributed by atoms with Gasteiger partial charge < -0.3 is 4.74 Å². The summed E-state index contributed by atoms with van der Waals surface area (Å²) in [6.07, 6.45) is 2.35. The third kappa shape index (κ3) is 3.82. The molecule has 0 unspecified atom stereocenters. The van der Waals surface area contributed by atoms with E-state index in [1.54, 1.807) is 13.2 Å². The molecule has 0 saturated carbocycles. The Morgan fingerprint density at radius 3 is 2.72 bits per heavy atom. The van der Waals surface area contributed by atoms with Crippen LogP contribution in [0.2, 0.25) is 10.2 Å². The lowest BCUT2D eigenvalue weighted by Crippen LogP contribution is -2.34. The van der Waals surface area contributed by atoms with E-state index >= 15 is 0 Å². The maximum Gasteiger partial charge on any atom is 0.129 e. The summed E-state index contributed by atoms with van der Waals surface area (Å²) in [7, 11) is 1.77. The van der Waals surface area contributed by atoms with Crippen molar-refractivity contribution < 1.29 is 4.74 Å². The van der Waals surface area contributed by atoms with Crippen LogP contribution < -0.4 is 0 Å². The van der Waals surface area contributed by atoms with Gasteiger partial charge in [-0.15, -0.1) is 0 Å². The van der Waals surface area contributed by atoms with E-state index in [2.05, 4.69) is 9.88 Å². The number of halogens is 2. The van der Waals surface area contributed by atoms with Crippen molar-refractivity contribution in [3.63, 3.8) is 0 Å². The summed E-state index contributed by atoms with van der Waals surface area (Å²) < 4.78 is 5.20. The van der Waals surface area contributed by atoms with Gasteiger partial charge in [-0.25, -0.2) is 4.98 Å². The minimum absolute atomic E-state index is 0.503. The highest BCUT2D eigenvalue weighted by Gasteiger charge is 2.20. The van der Waals surface area contributed by atoms with E-state index < -0.39 is 0 Å². The molecule has 0 amide bonds. The summed E-state index contributed by atoms with van der Waals surface area (Å²) in [4.78, 5) is 6.66. The number of piperidine rings is 1. The number of methoxy groups -OCH3 is 1. The maximum atomic E-state index is 6.13. The molecule has 5 heteroatoms. The largest absolute Gasteiger partial charge is 0.384 e. The number of likely N-dealkylation sites (tertiary alicyclic amines) is 1. The third-order valence-corrected chi connectivity index (χ3v) is 3.92. The molecule has 0 bridgehead atoms. The van der Waals surface area contributed by atoms with E-state index in [4.69, 9.17) is 27.9 Å². The van der Waals surface area contributed by atoms with Crippen LogP contribution in [-0.4, -0.2) is 36.7 Å². The van der Waals surface area contributed by atoms with Crippen LogP contribution in [-0.2, 0) is 11.3 Å². The first-order valence-corrected chi connectivity index (χ1v) is 6.97. The fourth-order valence-electron chi connectivity index (χ4n) is 2.33. The second-order valence-electron chi connectivity index (χ2n) is 4.74. The molecule has 0 radical (unpaired) electrons. The van der Waals surface area contributed by atoms with Gasteiger partial charge in [0.1, 0.15) is 5.15 Å². The molecule has 1 aliphatic rings. The average molecular weight is 289 g/mol. The van der Waals surface area contributed by atoms with Crippen molar-refractivity contribution in [1.82, 2.24) is 9.88 Å². The van der Waals surface area contributed by atoms with Crippen LogP contribution >= 0.6 is 23.2 Å². The van der Waals surface area contributed by atoms with Crippen LogP contribution in [0, 0.1) is 5.92 Å². The third-order valence-electron chi connectivity index (χ3n) is 3.37. The highest BCUT2D eigenvalue weighted by Crippen LogP contribution is 2.22. The minimum Gasteiger partial charge on any atom is -0.384 e. The number of aromatic nitrogens is 1. The Hall–Kier alpha value is -0.350. The van der Waals surface area contributed by atoms with Gasteiger partial charge in [0.25, 0.3) is 0 Å². The predicted molar refractivity (Wildman–Crippen MR) is 74.1 cm³/mol. The summed E-state index contributed by atoms with van der Waals surface area (Å²) in [5, 5.41) is 1.20. The molecule has 18 heavy (non-hydrogen) atoms. The van der Waals surface area contributed by atoms with Crippen molar-refractivity contribution >= 4 is 23.2 Å². The quantitative estimate of drug-likeness (QED) is 0.796. The summed E-state index contributed by atoms with van der Waals surface area (Å²) in [6, 6.07) is 3.53. The van der Waals surface area contributed by atoms with Crippen LogP contribution in [0.4, 0.5) is 0 Å². The average Bonchev–Trinajstić information content (AvgIpc) is 2.37. The summed E-state index contributed by atoms with van der Waals surface area (Å²) in [6.45, 7) is 3.78. The number of ether oxygens (including phenoxy) is 1. The smallest absolute Gasteiger partial charge is 0.129 e. The van der Waals surface area contributed by atoms with Crippen molar-refractivity contribution in [3.8, 4) is 0 Å². The van der Waals surface area contributed by atoms with Gasteiger partial charge in [-0.3, -0.25) is 4.90 Å². The summed E-state index contributed by atoms with van der Waals surface area (Å²) >= 11 is 12.0.